The molecule has 0 fully saturated rings. The fraction of sp³-hybridized carbons (Fsp3) is 0.176. The second-order valence-corrected chi connectivity index (χ2v) is 5.59. The van der Waals surface area contributed by atoms with Gasteiger partial charge < -0.3 is 15.4 Å². The molecule has 2 aromatic rings. The van der Waals surface area contributed by atoms with Crippen LogP contribution < -0.4 is 15.4 Å². The molecule has 0 unspecified atom stereocenters. The van der Waals surface area contributed by atoms with Crippen LogP contribution in [-0.2, 0) is 9.59 Å². The lowest BCUT2D eigenvalue weighted by Crippen LogP contribution is -2.20. The first kappa shape index (κ1) is 16.9. The van der Waals surface area contributed by atoms with Gasteiger partial charge in [0.2, 0.25) is 5.91 Å². The van der Waals surface area contributed by atoms with Gasteiger partial charge in [-0.25, -0.2) is 0 Å². The van der Waals surface area contributed by atoms with Gasteiger partial charge in [0.1, 0.15) is 5.75 Å². The van der Waals surface area contributed by atoms with Crippen molar-refractivity contribution in [1.29, 1.82) is 0 Å². The van der Waals surface area contributed by atoms with E-state index in [2.05, 4.69) is 10.6 Å². The van der Waals surface area contributed by atoms with E-state index in [-0.39, 0.29) is 18.4 Å². The number of hydrogen-bond donors (Lipinski definition) is 2. The molecule has 2 N–H and O–H groups in total. The van der Waals surface area contributed by atoms with Crippen LogP contribution in [0.5, 0.6) is 5.75 Å². The van der Waals surface area contributed by atoms with E-state index in [1.807, 2.05) is 30.5 Å². The second kappa shape index (κ2) is 8.24. The second-order valence-electron chi connectivity index (χ2n) is 4.74. The number of carbonyl (C=O) groups is 2. The summed E-state index contributed by atoms with van der Waals surface area (Å²) in [5, 5.41) is 5.49. The van der Waals surface area contributed by atoms with Crippen molar-refractivity contribution >= 4 is 35.0 Å². The SMILES string of the molecule is CSc1ccccc1NC(=O)COc1ccc(NC(C)=O)cc1. The topological polar surface area (TPSA) is 67.4 Å². The predicted molar refractivity (Wildman–Crippen MR) is 93.1 cm³/mol. The number of nitrogens with one attached hydrogen (secondary N) is 2. The summed E-state index contributed by atoms with van der Waals surface area (Å²) in [6, 6.07) is 14.4. The highest BCUT2D eigenvalue weighted by Crippen LogP contribution is 2.24. The van der Waals surface area contributed by atoms with Gasteiger partial charge in [-0.2, -0.15) is 0 Å². The van der Waals surface area contributed by atoms with E-state index in [4.69, 9.17) is 4.74 Å². The Labute approximate surface area is 139 Å². The molecule has 0 bridgehead atoms. The largest absolute Gasteiger partial charge is 0.484 e. The number of hydrogen-bond acceptors (Lipinski definition) is 4. The van der Waals surface area contributed by atoms with Gasteiger partial charge in [-0.05, 0) is 42.7 Å². The van der Waals surface area contributed by atoms with Crippen molar-refractivity contribution in [2.75, 3.05) is 23.5 Å². The van der Waals surface area contributed by atoms with E-state index in [0.29, 0.717) is 11.4 Å². The Morgan fingerprint density at radius 2 is 1.74 bits per heavy atom. The van der Waals surface area contributed by atoms with E-state index in [1.165, 1.54) is 6.92 Å². The minimum Gasteiger partial charge on any atom is -0.484 e. The Balaban J connectivity index is 1.88. The first-order valence-corrected chi connectivity index (χ1v) is 8.24. The summed E-state index contributed by atoms with van der Waals surface area (Å²) in [5.41, 5.74) is 1.46. The van der Waals surface area contributed by atoms with Crippen LogP contribution >= 0.6 is 11.8 Å². The monoisotopic (exact) mass is 330 g/mol. The molecule has 0 aromatic heterocycles. The standard InChI is InChI=1S/C17H18N2O3S/c1-12(20)18-13-7-9-14(10-8-13)22-11-17(21)19-15-5-3-4-6-16(15)23-2/h3-10H,11H2,1-2H3,(H,18,20)(H,19,21). The average molecular weight is 330 g/mol. The maximum absolute atomic E-state index is 12.0. The van der Waals surface area contributed by atoms with Crippen LogP contribution in [0.15, 0.2) is 53.4 Å². The Morgan fingerprint density at radius 1 is 1.04 bits per heavy atom. The minimum atomic E-state index is -0.225. The summed E-state index contributed by atoms with van der Waals surface area (Å²) < 4.78 is 5.44. The van der Waals surface area contributed by atoms with Gasteiger partial charge in [0.05, 0.1) is 5.69 Å². The smallest absolute Gasteiger partial charge is 0.262 e. The molecule has 120 valence electrons. The predicted octanol–water partition coefficient (Wildman–Crippen LogP) is 3.38. The van der Waals surface area contributed by atoms with Crippen LogP contribution in [0.25, 0.3) is 0 Å². The highest BCUT2D eigenvalue weighted by Gasteiger charge is 2.07. The minimum absolute atomic E-state index is 0.0812. The molecule has 23 heavy (non-hydrogen) atoms. The molecule has 0 radical (unpaired) electrons. The first-order valence-electron chi connectivity index (χ1n) is 7.02. The fourth-order valence-electron chi connectivity index (χ4n) is 1.92. The van der Waals surface area contributed by atoms with Crippen LogP contribution in [0.1, 0.15) is 6.92 Å². The quantitative estimate of drug-likeness (QED) is 0.797. The van der Waals surface area contributed by atoms with E-state index in [0.717, 1.165) is 10.6 Å². The molecular weight excluding hydrogens is 312 g/mol. The zero-order valence-electron chi connectivity index (χ0n) is 13.0. The Morgan fingerprint density at radius 3 is 2.39 bits per heavy atom. The third-order valence-corrected chi connectivity index (χ3v) is 3.72. The number of para-hydroxylation sites is 1. The number of rotatable bonds is 6. The van der Waals surface area contributed by atoms with E-state index in [1.54, 1.807) is 36.0 Å². The molecule has 0 aliphatic rings. The molecule has 0 heterocycles. The zero-order valence-corrected chi connectivity index (χ0v) is 13.8. The first-order chi connectivity index (χ1) is 11.1. The number of carbonyl (C=O) groups excluding carboxylic acids is 2. The van der Waals surface area contributed by atoms with Crippen LogP contribution in [0.4, 0.5) is 11.4 Å². The molecule has 0 aliphatic carbocycles. The molecule has 0 spiro atoms. The maximum Gasteiger partial charge on any atom is 0.262 e. The number of ether oxygens (including phenoxy) is 1. The molecule has 0 saturated carbocycles. The molecule has 6 heteroatoms. The maximum atomic E-state index is 12.0. The van der Waals surface area contributed by atoms with Crippen molar-refractivity contribution in [3.05, 3.63) is 48.5 Å². The van der Waals surface area contributed by atoms with Crippen molar-refractivity contribution < 1.29 is 14.3 Å². The van der Waals surface area contributed by atoms with E-state index >= 15 is 0 Å². The zero-order chi connectivity index (χ0) is 16.7. The van der Waals surface area contributed by atoms with Crippen molar-refractivity contribution in [3.8, 4) is 5.75 Å². The van der Waals surface area contributed by atoms with Gasteiger partial charge in [-0.3, -0.25) is 9.59 Å². The van der Waals surface area contributed by atoms with Gasteiger partial charge in [0.25, 0.3) is 5.91 Å². The van der Waals surface area contributed by atoms with Gasteiger partial charge in [0.15, 0.2) is 6.61 Å². The molecule has 2 aromatic carbocycles. The van der Waals surface area contributed by atoms with Crippen molar-refractivity contribution in [1.82, 2.24) is 0 Å². The van der Waals surface area contributed by atoms with Crippen molar-refractivity contribution in [3.63, 3.8) is 0 Å². The van der Waals surface area contributed by atoms with Gasteiger partial charge in [0, 0.05) is 17.5 Å². The van der Waals surface area contributed by atoms with Crippen molar-refractivity contribution in [2.24, 2.45) is 0 Å². The Bertz CT molecular complexity index is 686. The fourth-order valence-corrected chi connectivity index (χ4v) is 2.47. The molecule has 2 amide bonds. The number of thioether (sulfide) groups is 1. The number of benzene rings is 2. The number of amides is 2. The average Bonchev–Trinajstić information content (AvgIpc) is 2.54. The summed E-state index contributed by atoms with van der Waals surface area (Å²) in [6.45, 7) is 1.36. The summed E-state index contributed by atoms with van der Waals surface area (Å²) in [6.07, 6.45) is 1.96. The van der Waals surface area contributed by atoms with E-state index in [9.17, 15) is 9.59 Å². The highest BCUT2D eigenvalue weighted by molar-refractivity contribution is 7.98. The molecule has 0 saturated heterocycles. The van der Waals surface area contributed by atoms with Gasteiger partial charge >= 0.3 is 0 Å². The third-order valence-electron chi connectivity index (χ3n) is 2.93. The Hall–Kier alpha value is -2.47. The lowest BCUT2D eigenvalue weighted by Gasteiger charge is -2.10. The molecule has 0 aliphatic heterocycles. The summed E-state index contributed by atoms with van der Waals surface area (Å²) in [4.78, 5) is 23.9. The van der Waals surface area contributed by atoms with Gasteiger partial charge in [-0.15, -0.1) is 11.8 Å². The Kier molecular flexibility index (Phi) is 6.05. The lowest BCUT2D eigenvalue weighted by atomic mass is 10.3. The molecule has 0 atom stereocenters. The molecule has 5 nitrogen and oxygen atoms in total. The van der Waals surface area contributed by atoms with Crippen LogP contribution in [0, 0.1) is 0 Å². The normalized spacial score (nSPS) is 10.0. The summed E-state index contributed by atoms with van der Waals surface area (Å²) in [7, 11) is 0. The lowest BCUT2D eigenvalue weighted by molar-refractivity contribution is -0.118. The number of anilines is 2. The third kappa shape index (κ3) is 5.34. The van der Waals surface area contributed by atoms with E-state index < -0.39 is 0 Å². The van der Waals surface area contributed by atoms with Gasteiger partial charge in [-0.1, -0.05) is 12.1 Å². The molecular formula is C17H18N2O3S. The van der Waals surface area contributed by atoms with Crippen LogP contribution in [0.3, 0.4) is 0 Å². The summed E-state index contributed by atoms with van der Waals surface area (Å²) in [5.74, 6) is 0.204. The highest BCUT2D eigenvalue weighted by atomic mass is 32.2. The molecule has 2 rings (SSSR count). The van der Waals surface area contributed by atoms with Crippen molar-refractivity contribution in [2.45, 2.75) is 11.8 Å². The van der Waals surface area contributed by atoms with Crippen LogP contribution in [-0.4, -0.2) is 24.7 Å². The summed E-state index contributed by atoms with van der Waals surface area (Å²) >= 11 is 1.57. The van der Waals surface area contributed by atoms with Crippen LogP contribution in [0.2, 0.25) is 0 Å².